The maximum absolute atomic E-state index is 12.4. The van der Waals surface area contributed by atoms with Crippen LogP contribution in [0.3, 0.4) is 0 Å². The summed E-state index contributed by atoms with van der Waals surface area (Å²) in [4.78, 5) is 24.6. The third-order valence-corrected chi connectivity index (χ3v) is 5.86. The molecule has 0 unspecified atom stereocenters. The van der Waals surface area contributed by atoms with Crippen LogP contribution in [0.2, 0.25) is 0 Å². The number of rotatable bonds is 4. The minimum atomic E-state index is -0.147. The van der Waals surface area contributed by atoms with E-state index in [1.807, 2.05) is 54.2 Å². The molecule has 0 atom stereocenters. The van der Waals surface area contributed by atoms with E-state index in [2.05, 4.69) is 48.1 Å². The number of hydrogen-bond acceptors (Lipinski definition) is 3. The summed E-state index contributed by atoms with van der Waals surface area (Å²) < 4.78 is 1.98. The first-order valence-corrected chi connectivity index (χ1v) is 10.7. The number of pyridine rings is 2. The molecule has 158 valence electrons. The first-order chi connectivity index (χ1) is 15.5. The molecular weight excluding hydrogens is 396 g/mol. The van der Waals surface area contributed by atoms with Gasteiger partial charge in [0.2, 0.25) is 0 Å². The van der Waals surface area contributed by atoms with E-state index in [0.29, 0.717) is 17.3 Å². The second-order valence-electron chi connectivity index (χ2n) is 8.29. The number of imidazole rings is 1. The Bertz CT molecular complexity index is 1480. The molecule has 0 bridgehead atoms. The predicted octanol–water partition coefficient (Wildman–Crippen LogP) is 5.78. The quantitative estimate of drug-likeness (QED) is 0.401. The molecule has 0 saturated heterocycles. The number of aryl methyl sites for hydroxylation is 1. The van der Waals surface area contributed by atoms with Crippen LogP contribution in [0.1, 0.15) is 25.3 Å². The summed E-state index contributed by atoms with van der Waals surface area (Å²) in [6, 6.07) is 22.4. The molecule has 0 fully saturated rings. The molecular formula is C27H24N4O. The topological polar surface area (TPSA) is 63.6 Å². The van der Waals surface area contributed by atoms with Crippen molar-refractivity contribution >= 4 is 11.0 Å². The summed E-state index contributed by atoms with van der Waals surface area (Å²) >= 11 is 0. The van der Waals surface area contributed by atoms with Crippen molar-refractivity contribution in [3.8, 4) is 33.8 Å². The van der Waals surface area contributed by atoms with E-state index in [-0.39, 0.29) is 5.56 Å². The van der Waals surface area contributed by atoms with Gasteiger partial charge in [0, 0.05) is 30.6 Å². The fourth-order valence-corrected chi connectivity index (χ4v) is 4.11. The molecule has 5 aromatic rings. The molecule has 0 saturated carbocycles. The number of nitrogens with zero attached hydrogens (tertiary/aromatic N) is 3. The summed E-state index contributed by atoms with van der Waals surface area (Å²) in [7, 11) is 1.95. The highest BCUT2D eigenvalue weighted by Gasteiger charge is 2.17. The van der Waals surface area contributed by atoms with Gasteiger partial charge in [-0.15, -0.1) is 0 Å². The van der Waals surface area contributed by atoms with Gasteiger partial charge in [-0.1, -0.05) is 38.1 Å². The lowest BCUT2D eigenvalue weighted by molar-refractivity contribution is 0.867. The third-order valence-electron chi connectivity index (χ3n) is 5.86. The van der Waals surface area contributed by atoms with Gasteiger partial charge in [-0.25, -0.2) is 4.98 Å². The number of benzene rings is 2. The molecule has 3 heterocycles. The fraction of sp³-hybridized carbons (Fsp3) is 0.148. The van der Waals surface area contributed by atoms with E-state index >= 15 is 0 Å². The first kappa shape index (κ1) is 19.9. The monoisotopic (exact) mass is 420 g/mol. The van der Waals surface area contributed by atoms with Crippen LogP contribution in [-0.2, 0) is 7.05 Å². The van der Waals surface area contributed by atoms with Crippen LogP contribution in [0, 0.1) is 0 Å². The molecule has 32 heavy (non-hydrogen) atoms. The van der Waals surface area contributed by atoms with Crippen LogP contribution in [0.5, 0.6) is 0 Å². The zero-order valence-corrected chi connectivity index (χ0v) is 18.3. The Morgan fingerprint density at radius 1 is 0.906 bits per heavy atom. The van der Waals surface area contributed by atoms with Gasteiger partial charge in [-0.2, -0.15) is 0 Å². The average Bonchev–Trinajstić information content (AvgIpc) is 3.16. The highest BCUT2D eigenvalue weighted by Crippen LogP contribution is 2.35. The second-order valence-corrected chi connectivity index (χ2v) is 8.29. The SMILES string of the molecule is CC(C)c1cc(-c2ccccn2)cc(-c2cccc3c2nc(-c2ccc[nH]c2=O)n3C)c1. The van der Waals surface area contributed by atoms with E-state index < -0.39 is 0 Å². The summed E-state index contributed by atoms with van der Waals surface area (Å²) in [6.45, 7) is 4.39. The normalized spacial score (nSPS) is 11.4. The van der Waals surface area contributed by atoms with E-state index in [1.165, 1.54) is 5.56 Å². The Morgan fingerprint density at radius 3 is 2.47 bits per heavy atom. The molecule has 5 heteroatoms. The van der Waals surface area contributed by atoms with Gasteiger partial charge >= 0.3 is 0 Å². The molecule has 5 rings (SSSR count). The largest absolute Gasteiger partial charge is 0.328 e. The Kier molecular flexibility index (Phi) is 4.94. The fourth-order valence-electron chi connectivity index (χ4n) is 4.11. The highest BCUT2D eigenvalue weighted by atomic mass is 16.1. The van der Waals surface area contributed by atoms with Crippen LogP contribution < -0.4 is 5.56 Å². The first-order valence-electron chi connectivity index (χ1n) is 10.7. The number of aromatic nitrogens is 4. The van der Waals surface area contributed by atoms with Crippen molar-refractivity contribution in [3.05, 3.63) is 95.0 Å². The minimum absolute atomic E-state index is 0.147. The molecule has 2 aromatic carbocycles. The van der Waals surface area contributed by atoms with Crippen LogP contribution in [0.4, 0.5) is 0 Å². The highest BCUT2D eigenvalue weighted by molar-refractivity contribution is 5.95. The van der Waals surface area contributed by atoms with Crippen LogP contribution >= 0.6 is 0 Å². The molecule has 3 aromatic heterocycles. The zero-order chi connectivity index (χ0) is 22.2. The van der Waals surface area contributed by atoms with Crippen molar-refractivity contribution in [3.63, 3.8) is 0 Å². The van der Waals surface area contributed by atoms with Crippen molar-refractivity contribution < 1.29 is 0 Å². The molecule has 0 amide bonds. The number of aromatic amines is 1. The van der Waals surface area contributed by atoms with Crippen molar-refractivity contribution in [1.29, 1.82) is 0 Å². The zero-order valence-electron chi connectivity index (χ0n) is 18.3. The molecule has 0 spiro atoms. The predicted molar refractivity (Wildman–Crippen MR) is 130 cm³/mol. The van der Waals surface area contributed by atoms with Gasteiger partial charge in [0.05, 0.1) is 22.3 Å². The Hall–Kier alpha value is -3.99. The Balaban J connectivity index is 1.75. The van der Waals surface area contributed by atoms with E-state index in [4.69, 9.17) is 4.98 Å². The molecule has 1 N–H and O–H groups in total. The van der Waals surface area contributed by atoms with Gasteiger partial charge in [0.15, 0.2) is 0 Å². The van der Waals surface area contributed by atoms with E-state index in [0.717, 1.165) is 33.4 Å². The Labute approximate surface area is 186 Å². The van der Waals surface area contributed by atoms with E-state index in [9.17, 15) is 4.79 Å². The minimum Gasteiger partial charge on any atom is -0.328 e. The van der Waals surface area contributed by atoms with Gasteiger partial charge in [-0.05, 0) is 59.5 Å². The van der Waals surface area contributed by atoms with Crippen LogP contribution in [0.25, 0.3) is 44.8 Å². The lowest BCUT2D eigenvalue weighted by Crippen LogP contribution is -2.09. The number of para-hydroxylation sites is 1. The lowest BCUT2D eigenvalue weighted by Gasteiger charge is -2.13. The van der Waals surface area contributed by atoms with Crippen molar-refractivity contribution in [2.75, 3.05) is 0 Å². The average molecular weight is 421 g/mol. The Morgan fingerprint density at radius 2 is 1.72 bits per heavy atom. The standard InChI is InChI=1S/C27H24N4O/c1-17(2)18-14-19(16-20(15-18)23-10-4-5-12-28-23)21-8-6-11-24-25(21)30-26(31(24)3)22-9-7-13-29-27(22)32/h4-17H,1-3H3,(H,29,32). The smallest absolute Gasteiger partial charge is 0.258 e. The number of nitrogens with one attached hydrogen (secondary N) is 1. The molecule has 0 aliphatic rings. The maximum Gasteiger partial charge on any atom is 0.258 e. The van der Waals surface area contributed by atoms with Gasteiger partial charge in [0.25, 0.3) is 5.56 Å². The third kappa shape index (κ3) is 3.42. The number of hydrogen-bond donors (Lipinski definition) is 1. The van der Waals surface area contributed by atoms with Gasteiger partial charge < -0.3 is 9.55 Å². The summed E-state index contributed by atoms with van der Waals surface area (Å²) in [5.74, 6) is 1.03. The molecule has 0 aliphatic heterocycles. The summed E-state index contributed by atoms with van der Waals surface area (Å²) in [5.41, 5.74) is 7.67. The van der Waals surface area contributed by atoms with Crippen molar-refractivity contribution in [1.82, 2.24) is 19.5 Å². The molecule has 0 aliphatic carbocycles. The molecule has 5 nitrogen and oxygen atoms in total. The number of H-pyrrole nitrogens is 1. The van der Waals surface area contributed by atoms with Crippen LogP contribution in [-0.4, -0.2) is 19.5 Å². The van der Waals surface area contributed by atoms with Gasteiger partial charge in [0.1, 0.15) is 5.82 Å². The molecule has 0 radical (unpaired) electrons. The van der Waals surface area contributed by atoms with Crippen molar-refractivity contribution in [2.24, 2.45) is 7.05 Å². The lowest BCUT2D eigenvalue weighted by atomic mass is 9.93. The van der Waals surface area contributed by atoms with Crippen LogP contribution in [0.15, 0.2) is 83.9 Å². The summed E-state index contributed by atoms with van der Waals surface area (Å²) in [5, 5.41) is 0. The van der Waals surface area contributed by atoms with Gasteiger partial charge in [-0.3, -0.25) is 9.78 Å². The maximum atomic E-state index is 12.4. The second kappa shape index (κ2) is 7.93. The number of fused-ring (bicyclic) bond motifs is 1. The summed E-state index contributed by atoms with van der Waals surface area (Å²) in [6.07, 6.45) is 3.46. The van der Waals surface area contributed by atoms with E-state index in [1.54, 1.807) is 12.3 Å². The van der Waals surface area contributed by atoms with Crippen molar-refractivity contribution in [2.45, 2.75) is 19.8 Å².